The van der Waals surface area contributed by atoms with Crippen LogP contribution < -0.4 is 10.6 Å². The molecule has 1 aliphatic carbocycles. The van der Waals surface area contributed by atoms with E-state index in [9.17, 15) is 18.0 Å². The quantitative estimate of drug-likeness (QED) is 0.468. The Morgan fingerprint density at radius 1 is 1.06 bits per heavy atom. The van der Waals surface area contributed by atoms with Gasteiger partial charge < -0.3 is 10.6 Å². The van der Waals surface area contributed by atoms with Gasteiger partial charge in [-0.15, -0.1) is 0 Å². The summed E-state index contributed by atoms with van der Waals surface area (Å²) in [5, 5.41) is 11.6. The van der Waals surface area contributed by atoms with Crippen LogP contribution in [0.2, 0.25) is 0 Å². The minimum atomic E-state index is -4.49. The second-order valence-electron chi connectivity index (χ2n) is 8.30. The molecule has 0 unspecified atom stereocenters. The van der Waals surface area contributed by atoms with Crippen LogP contribution in [-0.2, 0) is 6.18 Å². The van der Waals surface area contributed by atoms with Crippen LogP contribution in [0.15, 0.2) is 48.7 Å². The van der Waals surface area contributed by atoms with Gasteiger partial charge in [-0.1, -0.05) is 24.3 Å². The Balaban J connectivity index is 1.35. The number of carbonyl (C=O) groups excluding carboxylic acids is 1. The maximum absolute atomic E-state index is 13.1. The summed E-state index contributed by atoms with van der Waals surface area (Å²) in [7, 11) is 1.61. The van der Waals surface area contributed by atoms with E-state index in [2.05, 4.69) is 15.6 Å². The van der Waals surface area contributed by atoms with Gasteiger partial charge in [-0.05, 0) is 43.9 Å². The molecular weight excluding hydrogens is 433 g/mol. The zero-order valence-electron chi connectivity index (χ0n) is 17.9. The number of rotatable bonds is 4. The van der Waals surface area contributed by atoms with E-state index < -0.39 is 11.9 Å². The summed E-state index contributed by atoms with van der Waals surface area (Å²) >= 11 is 0. The summed E-state index contributed by atoms with van der Waals surface area (Å²) in [6.07, 6.45) is -0.283. The predicted octanol–water partition coefficient (Wildman–Crippen LogP) is 4.66. The fourth-order valence-electron chi connectivity index (χ4n) is 4.60. The standard InChI is InChI=1S/C23H23F3N6O/c1-27-22(33)21-16-5-2-3-6-17(16)30-32(21)15-11-9-14(10-12-15)28-19-7-4-8-20-29-18(13-31(19)20)23(24,25)26/h2-8,13-15,28H,9-12H2,1H3,(H,27,33). The van der Waals surface area contributed by atoms with E-state index in [0.29, 0.717) is 11.5 Å². The molecule has 7 nitrogen and oxygen atoms in total. The molecule has 5 rings (SSSR count). The highest BCUT2D eigenvalue weighted by Gasteiger charge is 2.34. The number of aromatic nitrogens is 4. The van der Waals surface area contributed by atoms with E-state index in [1.165, 1.54) is 4.40 Å². The Morgan fingerprint density at radius 3 is 2.55 bits per heavy atom. The van der Waals surface area contributed by atoms with Crippen molar-refractivity contribution in [3.8, 4) is 0 Å². The SMILES string of the molecule is CNC(=O)c1c2ccccc2nn1C1CCC(Nc2cccc3nc(C(F)(F)F)cn23)CC1. The third-order valence-electron chi connectivity index (χ3n) is 6.22. The minimum absolute atomic E-state index is 0.0728. The second-order valence-corrected chi connectivity index (χ2v) is 8.30. The molecule has 4 aromatic rings. The molecule has 33 heavy (non-hydrogen) atoms. The monoisotopic (exact) mass is 456 g/mol. The van der Waals surface area contributed by atoms with Crippen LogP contribution in [0.3, 0.4) is 0 Å². The highest BCUT2D eigenvalue weighted by Crippen LogP contribution is 2.34. The Kier molecular flexibility index (Phi) is 5.22. The normalized spacial score (nSPS) is 19.2. The number of pyridine rings is 1. The number of imidazole rings is 1. The summed E-state index contributed by atoms with van der Waals surface area (Å²) in [4.78, 5) is 16.3. The van der Waals surface area contributed by atoms with Gasteiger partial charge in [-0.25, -0.2) is 4.98 Å². The van der Waals surface area contributed by atoms with Crippen LogP contribution in [0.1, 0.15) is 47.9 Å². The van der Waals surface area contributed by atoms with E-state index in [1.807, 2.05) is 28.9 Å². The van der Waals surface area contributed by atoms with Gasteiger partial charge in [0.25, 0.3) is 5.91 Å². The molecule has 0 radical (unpaired) electrons. The molecule has 2 N–H and O–H groups in total. The van der Waals surface area contributed by atoms with Gasteiger partial charge in [0.15, 0.2) is 5.69 Å². The van der Waals surface area contributed by atoms with Crippen molar-refractivity contribution < 1.29 is 18.0 Å². The maximum Gasteiger partial charge on any atom is 0.434 e. The largest absolute Gasteiger partial charge is 0.434 e. The van der Waals surface area contributed by atoms with Gasteiger partial charge in [-0.2, -0.15) is 18.3 Å². The fraction of sp³-hybridized carbons (Fsp3) is 0.348. The van der Waals surface area contributed by atoms with Crippen molar-refractivity contribution in [3.63, 3.8) is 0 Å². The Morgan fingerprint density at radius 2 is 1.82 bits per heavy atom. The number of benzene rings is 1. The van der Waals surface area contributed by atoms with E-state index >= 15 is 0 Å². The van der Waals surface area contributed by atoms with E-state index in [1.54, 1.807) is 25.2 Å². The molecule has 1 saturated carbocycles. The van der Waals surface area contributed by atoms with Crippen molar-refractivity contribution in [1.29, 1.82) is 0 Å². The zero-order valence-corrected chi connectivity index (χ0v) is 17.9. The molecule has 0 atom stereocenters. The number of halogens is 3. The molecule has 0 saturated heterocycles. The summed E-state index contributed by atoms with van der Waals surface area (Å²) in [6, 6.07) is 12.8. The first kappa shape index (κ1) is 21.3. The Labute approximate surface area is 187 Å². The van der Waals surface area contributed by atoms with Crippen molar-refractivity contribution in [3.05, 3.63) is 60.0 Å². The third kappa shape index (κ3) is 3.90. The highest BCUT2D eigenvalue weighted by molar-refractivity contribution is 6.04. The van der Waals surface area contributed by atoms with Gasteiger partial charge in [0.05, 0.1) is 11.6 Å². The molecule has 1 aromatic carbocycles. The molecule has 172 valence electrons. The van der Waals surface area contributed by atoms with Crippen LogP contribution >= 0.6 is 0 Å². The zero-order chi connectivity index (χ0) is 23.2. The maximum atomic E-state index is 13.1. The topological polar surface area (TPSA) is 76.2 Å². The van der Waals surface area contributed by atoms with E-state index in [0.717, 1.165) is 42.8 Å². The van der Waals surface area contributed by atoms with Crippen molar-refractivity contribution >= 4 is 28.3 Å². The number of anilines is 1. The summed E-state index contributed by atoms with van der Waals surface area (Å²) in [6.45, 7) is 0. The summed E-state index contributed by atoms with van der Waals surface area (Å²) < 4.78 is 42.5. The first-order valence-electron chi connectivity index (χ1n) is 10.9. The molecule has 1 amide bonds. The lowest BCUT2D eigenvalue weighted by Crippen LogP contribution is -2.31. The predicted molar refractivity (Wildman–Crippen MR) is 118 cm³/mol. The van der Waals surface area contributed by atoms with Crippen molar-refractivity contribution in [2.75, 3.05) is 12.4 Å². The Hall–Kier alpha value is -3.56. The minimum Gasteiger partial charge on any atom is -0.368 e. The second kappa shape index (κ2) is 8.09. The van der Waals surface area contributed by atoms with Gasteiger partial charge in [0, 0.05) is 24.7 Å². The average Bonchev–Trinajstić information content (AvgIpc) is 3.42. The molecule has 3 aromatic heterocycles. The Bertz CT molecular complexity index is 1320. The van der Waals surface area contributed by atoms with Crippen LogP contribution in [0.25, 0.3) is 16.6 Å². The number of nitrogens with one attached hydrogen (secondary N) is 2. The fourth-order valence-corrected chi connectivity index (χ4v) is 4.60. The molecular formula is C23H23F3N6O. The summed E-state index contributed by atoms with van der Waals surface area (Å²) in [5.41, 5.74) is 0.684. The van der Waals surface area contributed by atoms with Crippen LogP contribution in [-0.4, -0.2) is 38.2 Å². The van der Waals surface area contributed by atoms with E-state index in [-0.39, 0.29) is 23.6 Å². The molecule has 10 heteroatoms. The van der Waals surface area contributed by atoms with E-state index in [4.69, 9.17) is 5.10 Å². The number of hydrogen-bond acceptors (Lipinski definition) is 4. The lowest BCUT2D eigenvalue weighted by Gasteiger charge is -2.30. The third-order valence-corrected chi connectivity index (χ3v) is 6.22. The number of alkyl halides is 3. The molecule has 1 aliphatic rings. The summed E-state index contributed by atoms with van der Waals surface area (Å²) in [5.74, 6) is 0.408. The first-order chi connectivity index (χ1) is 15.8. The molecule has 0 aliphatic heterocycles. The van der Waals surface area contributed by atoms with Gasteiger partial charge >= 0.3 is 6.18 Å². The average molecular weight is 456 g/mol. The van der Waals surface area contributed by atoms with Crippen molar-refractivity contribution in [2.45, 2.75) is 43.9 Å². The molecule has 0 spiro atoms. The molecule has 1 fully saturated rings. The highest BCUT2D eigenvalue weighted by atomic mass is 19.4. The smallest absolute Gasteiger partial charge is 0.368 e. The van der Waals surface area contributed by atoms with Gasteiger partial charge in [-0.3, -0.25) is 13.9 Å². The molecule has 3 heterocycles. The van der Waals surface area contributed by atoms with Crippen LogP contribution in [0, 0.1) is 0 Å². The van der Waals surface area contributed by atoms with Crippen molar-refractivity contribution in [1.82, 2.24) is 24.5 Å². The van der Waals surface area contributed by atoms with Crippen LogP contribution in [0.5, 0.6) is 0 Å². The van der Waals surface area contributed by atoms with Gasteiger partial charge in [0.2, 0.25) is 0 Å². The number of amides is 1. The van der Waals surface area contributed by atoms with Gasteiger partial charge in [0.1, 0.15) is 17.2 Å². The number of hydrogen-bond donors (Lipinski definition) is 2. The van der Waals surface area contributed by atoms with Crippen LogP contribution in [0.4, 0.5) is 19.0 Å². The van der Waals surface area contributed by atoms with Crippen molar-refractivity contribution in [2.24, 2.45) is 0 Å². The number of nitrogens with zero attached hydrogens (tertiary/aromatic N) is 4. The molecule has 0 bridgehead atoms. The first-order valence-corrected chi connectivity index (χ1v) is 10.9. The lowest BCUT2D eigenvalue weighted by molar-refractivity contribution is -0.140. The number of fused-ring (bicyclic) bond motifs is 2. The lowest BCUT2D eigenvalue weighted by atomic mass is 9.91. The number of carbonyl (C=O) groups is 1.